The van der Waals surface area contributed by atoms with Crippen LogP contribution >= 0.6 is 23.2 Å². The largest absolute Gasteiger partial charge is 0.461 e. The van der Waals surface area contributed by atoms with Crippen molar-refractivity contribution in [1.29, 1.82) is 0 Å². The van der Waals surface area contributed by atoms with Gasteiger partial charge in [0.1, 0.15) is 11.5 Å². The number of halogens is 2. The highest BCUT2D eigenvalue weighted by atomic mass is 35.5. The Labute approximate surface area is 160 Å². The molecule has 0 radical (unpaired) electrons. The van der Waals surface area contributed by atoms with Gasteiger partial charge in [-0.15, -0.1) is 0 Å². The van der Waals surface area contributed by atoms with Crippen LogP contribution in [0.3, 0.4) is 0 Å². The van der Waals surface area contributed by atoms with E-state index in [4.69, 9.17) is 27.6 Å². The summed E-state index contributed by atoms with van der Waals surface area (Å²) in [5, 5.41) is 3.65. The van der Waals surface area contributed by atoms with Gasteiger partial charge in [-0.05, 0) is 62.4 Å². The highest BCUT2D eigenvalue weighted by molar-refractivity contribution is 6.42. The van der Waals surface area contributed by atoms with Crippen molar-refractivity contribution in [2.45, 2.75) is 13.8 Å². The van der Waals surface area contributed by atoms with Crippen molar-refractivity contribution in [1.82, 2.24) is 0 Å². The number of hydrogen-bond donors (Lipinski definition) is 1. The lowest BCUT2D eigenvalue weighted by Gasteiger charge is -2.04. The van der Waals surface area contributed by atoms with Gasteiger partial charge in [0.2, 0.25) is 0 Å². The molecule has 26 heavy (non-hydrogen) atoms. The number of anilines is 1. The van der Waals surface area contributed by atoms with Crippen LogP contribution in [0.25, 0.3) is 11.3 Å². The Morgan fingerprint density at radius 1 is 0.962 bits per heavy atom. The van der Waals surface area contributed by atoms with Crippen molar-refractivity contribution in [2.75, 3.05) is 5.32 Å². The van der Waals surface area contributed by atoms with E-state index >= 15 is 0 Å². The monoisotopic (exact) mass is 387 g/mol. The van der Waals surface area contributed by atoms with Gasteiger partial charge in [-0.25, -0.2) is 0 Å². The maximum atomic E-state index is 12.5. The first-order valence-corrected chi connectivity index (χ1v) is 8.59. The molecule has 3 rings (SSSR count). The van der Waals surface area contributed by atoms with Gasteiger partial charge in [0.15, 0.2) is 5.78 Å². The number of amides is 1. The zero-order valence-corrected chi connectivity index (χ0v) is 15.6. The molecule has 0 saturated carbocycles. The van der Waals surface area contributed by atoms with Gasteiger partial charge in [-0.1, -0.05) is 23.2 Å². The summed E-state index contributed by atoms with van der Waals surface area (Å²) < 4.78 is 5.70. The van der Waals surface area contributed by atoms with Gasteiger partial charge in [0.05, 0.1) is 15.6 Å². The minimum atomic E-state index is -0.298. The van der Waals surface area contributed by atoms with Crippen molar-refractivity contribution in [3.05, 3.63) is 75.5 Å². The molecule has 0 unspecified atom stereocenters. The van der Waals surface area contributed by atoms with Crippen LogP contribution in [-0.2, 0) is 0 Å². The molecule has 1 N–H and O–H groups in total. The zero-order chi connectivity index (χ0) is 18.8. The van der Waals surface area contributed by atoms with Crippen molar-refractivity contribution >= 4 is 40.6 Å². The van der Waals surface area contributed by atoms with Crippen LogP contribution in [0, 0.1) is 6.92 Å². The van der Waals surface area contributed by atoms with Crippen molar-refractivity contribution in [3.63, 3.8) is 0 Å². The first-order chi connectivity index (χ1) is 12.3. The maximum absolute atomic E-state index is 12.5. The van der Waals surface area contributed by atoms with Crippen molar-refractivity contribution in [2.24, 2.45) is 0 Å². The van der Waals surface area contributed by atoms with Crippen LogP contribution in [0.15, 0.2) is 52.9 Å². The summed E-state index contributed by atoms with van der Waals surface area (Å²) in [5.74, 6) is 0.690. The van der Waals surface area contributed by atoms with E-state index in [1.807, 2.05) is 0 Å². The van der Waals surface area contributed by atoms with Crippen LogP contribution in [0.2, 0.25) is 10.0 Å². The smallest absolute Gasteiger partial charge is 0.259 e. The summed E-state index contributed by atoms with van der Waals surface area (Å²) >= 11 is 12.0. The number of benzene rings is 2. The average molecular weight is 388 g/mol. The number of aryl methyl sites for hydroxylation is 1. The van der Waals surface area contributed by atoms with Crippen molar-refractivity contribution in [3.8, 4) is 11.3 Å². The first-order valence-electron chi connectivity index (χ1n) is 7.83. The number of Topliss-reactive ketones (excluding diaryl/α,β-unsaturated/α-hetero) is 1. The van der Waals surface area contributed by atoms with Crippen LogP contribution in [0.1, 0.15) is 33.4 Å². The molecular formula is C20H15Cl2NO3. The normalized spacial score (nSPS) is 10.6. The zero-order valence-electron chi connectivity index (χ0n) is 14.1. The predicted octanol–water partition coefficient (Wildman–Crippen LogP) is 6.02. The third-order valence-corrected chi connectivity index (χ3v) is 4.65. The molecule has 1 heterocycles. The number of nitrogens with one attached hydrogen (secondary N) is 1. The lowest BCUT2D eigenvalue weighted by atomic mass is 10.1. The van der Waals surface area contributed by atoms with Gasteiger partial charge in [0, 0.05) is 16.8 Å². The number of hydrogen-bond acceptors (Lipinski definition) is 3. The number of rotatable bonds is 4. The molecule has 0 atom stereocenters. The van der Waals surface area contributed by atoms with E-state index in [1.54, 1.807) is 55.5 Å². The Kier molecular flexibility index (Phi) is 5.16. The molecule has 3 aromatic rings. The fourth-order valence-corrected chi connectivity index (χ4v) is 2.78. The molecule has 6 heteroatoms. The Bertz CT molecular complexity index is 991. The van der Waals surface area contributed by atoms with Crippen molar-refractivity contribution < 1.29 is 14.0 Å². The predicted molar refractivity (Wildman–Crippen MR) is 103 cm³/mol. The van der Waals surface area contributed by atoms with E-state index in [0.29, 0.717) is 38.4 Å². The number of furan rings is 1. The molecule has 132 valence electrons. The number of ketones is 1. The minimum Gasteiger partial charge on any atom is -0.461 e. The first kappa shape index (κ1) is 18.2. The SMILES string of the molecule is CC(=O)c1ccc(NC(=O)c2cc(-c3ccc(Cl)c(Cl)c3)oc2C)cc1. The summed E-state index contributed by atoms with van der Waals surface area (Å²) in [6.45, 7) is 3.21. The summed E-state index contributed by atoms with van der Waals surface area (Å²) in [5.41, 5.74) is 2.33. The van der Waals surface area contributed by atoms with Gasteiger partial charge in [0.25, 0.3) is 5.91 Å². The minimum absolute atomic E-state index is 0.0279. The lowest BCUT2D eigenvalue weighted by molar-refractivity contribution is 0.101. The van der Waals surface area contributed by atoms with Gasteiger partial charge >= 0.3 is 0 Å². The topological polar surface area (TPSA) is 59.3 Å². The molecular weight excluding hydrogens is 373 g/mol. The second-order valence-corrected chi connectivity index (χ2v) is 6.61. The third-order valence-electron chi connectivity index (χ3n) is 3.92. The molecule has 0 spiro atoms. The summed E-state index contributed by atoms with van der Waals surface area (Å²) in [6.07, 6.45) is 0. The molecule has 0 saturated heterocycles. The van der Waals surface area contributed by atoms with E-state index in [9.17, 15) is 9.59 Å². The van der Waals surface area contributed by atoms with Crippen LogP contribution in [0.4, 0.5) is 5.69 Å². The number of carbonyl (C=O) groups excluding carboxylic acids is 2. The van der Waals surface area contributed by atoms with Crippen LogP contribution in [-0.4, -0.2) is 11.7 Å². The van der Waals surface area contributed by atoms with Crippen LogP contribution in [0.5, 0.6) is 0 Å². The summed E-state index contributed by atoms with van der Waals surface area (Å²) in [6, 6.07) is 13.5. The van der Waals surface area contributed by atoms with Gasteiger partial charge in [-0.3, -0.25) is 9.59 Å². The fraction of sp³-hybridized carbons (Fsp3) is 0.100. The average Bonchev–Trinajstić information content (AvgIpc) is 2.99. The highest BCUT2D eigenvalue weighted by Crippen LogP contribution is 2.31. The van der Waals surface area contributed by atoms with Gasteiger partial charge in [-0.2, -0.15) is 0 Å². The summed E-state index contributed by atoms with van der Waals surface area (Å²) in [4.78, 5) is 23.8. The molecule has 4 nitrogen and oxygen atoms in total. The van der Waals surface area contributed by atoms with E-state index < -0.39 is 0 Å². The maximum Gasteiger partial charge on any atom is 0.259 e. The van der Waals surface area contributed by atoms with Gasteiger partial charge < -0.3 is 9.73 Å². The molecule has 2 aromatic carbocycles. The molecule has 1 amide bonds. The molecule has 0 bridgehead atoms. The quantitative estimate of drug-likeness (QED) is 0.557. The van der Waals surface area contributed by atoms with E-state index in [0.717, 1.165) is 5.56 Å². The lowest BCUT2D eigenvalue weighted by Crippen LogP contribution is -2.12. The van der Waals surface area contributed by atoms with E-state index in [1.165, 1.54) is 6.92 Å². The van der Waals surface area contributed by atoms with Crippen LogP contribution < -0.4 is 5.32 Å². The molecule has 1 aromatic heterocycles. The molecule has 0 aliphatic heterocycles. The molecule has 0 fully saturated rings. The highest BCUT2D eigenvalue weighted by Gasteiger charge is 2.17. The summed E-state index contributed by atoms with van der Waals surface area (Å²) in [7, 11) is 0. The number of carbonyl (C=O) groups is 2. The third kappa shape index (κ3) is 3.82. The molecule has 0 aliphatic carbocycles. The second-order valence-electron chi connectivity index (χ2n) is 5.80. The molecule has 0 aliphatic rings. The standard InChI is InChI=1S/C20H15Cl2NO3/c1-11(24)13-3-6-15(7-4-13)23-20(25)16-10-19(26-12(16)2)14-5-8-17(21)18(22)9-14/h3-10H,1-2H3,(H,23,25). The van der Waals surface area contributed by atoms with E-state index in [2.05, 4.69) is 5.32 Å². The Hall–Kier alpha value is -2.56. The Morgan fingerprint density at radius 3 is 2.27 bits per heavy atom. The Morgan fingerprint density at radius 2 is 1.65 bits per heavy atom. The fourth-order valence-electron chi connectivity index (χ4n) is 2.49. The second kappa shape index (κ2) is 7.36. The Balaban J connectivity index is 1.82. The van der Waals surface area contributed by atoms with E-state index in [-0.39, 0.29) is 11.7 Å².